The van der Waals surface area contributed by atoms with Crippen LogP contribution >= 0.6 is 0 Å². The summed E-state index contributed by atoms with van der Waals surface area (Å²) in [5.74, 6) is 0.478. The van der Waals surface area contributed by atoms with E-state index < -0.39 is 0 Å². The van der Waals surface area contributed by atoms with Crippen LogP contribution < -0.4 is 0 Å². The third-order valence-corrected chi connectivity index (χ3v) is 5.13. The van der Waals surface area contributed by atoms with E-state index in [1.54, 1.807) is 12.4 Å². The lowest BCUT2D eigenvalue weighted by Gasteiger charge is -2.32. The van der Waals surface area contributed by atoms with Crippen LogP contribution in [0.5, 0.6) is 0 Å². The van der Waals surface area contributed by atoms with E-state index in [4.69, 9.17) is 0 Å². The van der Waals surface area contributed by atoms with Crippen LogP contribution in [0, 0.1) is 13.8 Å². The van der Waals surface area contributed by atoms with Crippen LogP contribution in [0.15, 0.2) is 36.7 Å². The number of carbonyl (C=O) groups is 1. The molecular formula is C20H22N4O. The minimum absolute atomic E-state index is 0.0124. The summed E-state index contributed by atoms with van der Waals surface area (Å²) in [6, 6.07) is 8.47. The Balaban J connectivity index is 1.50. The van der Waals surface area contributed by atoms with E-state index in [2.05, 4.69) is 46.1 Å². The minimum atomic E-state index is -0.0124. The molecule has 128 valence electrons. The lowest BCUT2D eigenvalue weighted by Crippen LogP contribution is -2.38. The summed E-state index contributed by atoms with van der Waals surface area (Å²) < 4.78 is 0. The Labute approximate surface area is 147 Å². The first kappa shape index (κ1) is 15.8. The summed E-state index contributed by atoms with van der Waals surface area (Å²) >= 11 is 0. The number of aromatic nitrogens is 3. The van der Waals surface area contributed by atoms with Crippen molar-refractivity contribution in [2.75, 3.05) is 13.1 Å². The second-order valence-electron chi connectivity index (χ2n) is 6.82. The van der Waals surface area contributed by atoms with Crippen molar-refractivity contribution in [3.05, 3.63) is 59.3 Å². The fourth-order valence-electron chi connectivity index (χ4n) is 3.86. The van der Waals surface area contributed by atoms with Crippen molar-refractivity contribution in [2.24, 2.45) is 0 Å². The number of aromatic amines is 1. The monoisotopic (exact) mass is 334 g/mol. The molecule has 25 heavy (non-hydrogen) atoms. The third-order valence-electron chi connectivity index (χ3n) is 5.13. The number of para-hydroxylation sites is 1. The Morgan fingerprint density at radius 2 is 1.88 bits per heavy atom. The highest BCUT2D eigenvalue weighted by Crippen LogP contribution is 2.35. The number of nitrogens with one attached hydrogen (secondary N) is 1. The first-order valence-electron chi connectivity index (χ1n) is 8.78. The number of amides is 1. The van der Waals surface area contributed by atoms with Gasteiger partial charge in [0.05, 0.1) is 11.9 Å². The predicted molar refractivity (Wildman–Crippen MR) is 97.7 cm³/mol. The average Bonchev–Trinajstić information content (AvgIpc) is 2.97. The van der Waals surface area contributed by atoms with E-state index in [0.717, 1.165) is 31.6 Å². The molecule has 2 aromatic heterocycles. The van der Waals surface area contributed by atoms with Crippen LogP contribution in [0.1, 0.15) is 46.2 Å². The standard InChI is InChI=1S/C20H22N4O/c1-13-11-22-18(12-21-13)20(25)24-9-7-15(8-10-24)19-14(2)23-17-6-4-3-5-16(17)19/h3-6,11-12,15,23H,7-10H2,1-2H3. The Morgan fingerprint density at radius 1 is 1.12 bits per heavy atom. The predicted octanol–water partition coefficient (Wildman–Crippen LogP) is 3.59. The Bertz CT molecular complexity index is 905. The van der Waals surface area contributed by atoms with E-state index >= 15 is 0 Å². The van der Waals surface area contributed by atoms with E-state index in [9.17, 15) is 4.79 Å². The van der Waals surface area contributed by atoms with Gasteiger partial charge in [-0.3, -0.25) is 9.78 Å². The number of piperidine rings is 1. The average molecular weight is 334 g/mol. The highest BCUT2D eigenvalue weighted by Gasteiger charge is 2.27. The molecule has 4 rings (SSSR count). The first-order valence-corrected chi connectivity index (χ1v) is 8.78. The topological polar surface area (TPSA) is 61.9 Å². The molecule has 0 aliphatic carbocycles. The smallest absolute Gasteiger partial charge is 0.274 e. The van der Waals surface area contributed by atoms with Crippen LogP contribution in [0.25, 0.3) is 10.9 Å². The molecule has 3 aromatic rings. The zero-order chi connectivity index (χ0) is 17.4. The van der Waals surface area contributed by atoms with Crippen LogP contribution in [0.3, 0.4) is 0 Å². The van der Waals surface area contributed by atoms with Crippen molar-refractivity contribution in [2.45, 2.75) is 32.6 Å². The number of benzene rings is 1. The summed E-state index contributed by atoms with van der Waals surface area (Å²) in [4.78, 5) is 26.4. The van der Waals surface area contributed by atoms with Crippen LogP contribution in [-0.2, 0) is 0 Å². The third kappa shape index (κ3) is 2.90. The van der Waals surface area contributed by atoms with Gasteiger partial charge in [0.1, 0.15) is 5.69 Å². The molecule has 5 nitrogen and oxygen atoms in total. The largest absolute Gasteiger partial charge is 0.358 e. The summed E-state index contributed by atoms with van der Waals surface area (Å²) in [5.41, 5.74) is 5.12. The van der Waals surface area contributed by atoms with Gasteiger partial charge in [0, 0.05) is 35.9 Å². The van der Waals surface area contributed by atoms with Crippen molar-refractivity contribution in [3.63, 3.8) is 0 Å². The van der Waals surface area contributed by atoms with Gasteiger partial charge in [0.25, 0.3) is 5.91 Å². The molecule has 1 fully saturated rings. The van der Waals surface area contributed by atoms with Gasteiger partial charge in [-0.1, -0.05) is 18.2 Å². The molecule has 3 heterocycles. The quantitative estimate of drug-likeness (QED) is 0.779. The Morgan fingerprint density at radius 3 is 2.60 bits per heavy atom. The number of hydrogen-bond acceptors (Lipinski definition) is 3. The van der Waals surface area contributed by atoms with Crippen molar-refractivity contribution >= 4 is 16.8 Å². The molecule has 0 atom stereocenters. The lowest BCUT2D eigenvalue weighted by atomic mass is 9.87. The summed E-state index contributed by atoms with van der Waals surface area (Å²) in [5, 5.41) is 1.31. The molecule has 0 saturated carbocycles. The zero-order valence-corrected chi connectivity index (χ0v) is 14.6. The van der Waals surface area contributed by atoms with Crippen molar-refractivity contribution < 1.29 is 4.79 Å². The molecule has 1 amide bonds. The normalized spacial score (nSPS) is 15.7. The van der Waals surface area contributed by atoms with Gasteiger partial charge < -0.3 is 9.88 Å². The minimum Gasteiger partial charge on any atom is -0.358 e. The maximum atomic E-state index is 12.6. The molecule has 0 bridgehead atoms. The van der Waals surface area contributed by atoms with Crippen molar-refractivity contribution in [1.82, 2.24) is 19.9 Å². The fourth-order valence-corrected chi connectivity index (χ4v) is 3.86. The van der Waals surface area contributed by atoms with E-state index in [-0.39, 0.29) is 5.91 Å². The lowest BCUT2D eigenvalue weighted by molar-refractivity contribution is 0.0706. The van der Waals surface area contributed by atoms with Gasteiger partial charge in [0.2, 0.25) is 0 Å². The molecule has 1 N–H and O–H groups in total. The molecule has 0 spiro atoms. The number of aryl methyl sites for hydroxylation is 2. The maximum Gasteiger partial charge on any atom is 0.274 e. The number of H-pyrrole nitrogens is 1. The summed E-state index contributed by atoms with van der Waals surface area (Å²) in [7, 11) is 0. The number of rotatable bonds is 2. The number of carbonyl (C=O) groups excluding carboxylic acids is 1. The summed E-state index contributed by atoms with van der Waals surface area (Å²) in [6.45, 7) is 5.54. The van der Waals surface area contributed by atoms with Gasteiger partial charge in [-0.2, -0.15) is 0 Å². The van der Waals surface area contributed by atoms with Crippen LogP contribution in [-0.4, -0.2) is 38.8 Å². The first-order chi connectivity index (χ1) is 12.1. The van der Waals surface area contributed by atoms with E-state index in [0.29, 0.717) is 11.6 Å². The van der Waals surface area contributed by atoms with Crippen LogP contribution in [0.2, 0.25) is 0 Å². The van der Waals surface area contributed by atoms with E-state index in [1.165, 1.54) is 22.2 Å². The fraction of sp³-hybridized carbons (Fsp3) is 0.350. The zero-order valence-electron chi connectivity index (χ0n) is 14.6. The Kier molecular flexibility index (Phi) is 3.99. The second kappa shape index (κ2) is 6.31. The van der Waals surface area contributed by atoms with Crippen LogP contribution in [0.4, 0.5) is 0 Å². The molecule has 1 aliphatic rings. The van der Waals surface area contributed by atoms with Gasteiger partial charge >= 0.3 is 0 Å². The molecule has 1 aliphatic heterocycles. The highest BCUT2D eigenvalue weighted by molar-refractivity contribution is 5.92. The molecule has 1 saturated heterocycles. The SMILES string of the molecule is Cc1cnc(C(=O)N2CCC(c3c(C)[nH]c4ccccc34)CC2)cn1. The van der Waals surface area contributed by atoms with Crippen molar-refractivity contribution in [1.29, 1.82) is 0 Å². The molecule has 1 aromatic carbocycles. The Hall–Kier alpha value is -2.69. The number of nitrogens with zero attached hydrogens (tertiary/aromatic N) is 3. The molecule has 5 heteroatoms. The second-order valence-corrected chi connectivity index (χ2v) is 6.82. The summed E-state index contributed by atoms with van der Waals surface area (Å²) in [6.07, 6.45) is 5.18. The number of fused-ring (bicyclic) bond motifs is 1. The number of hydrogen-bond donors (Lipinski definition) is 1. The maximum absolute atomic E-state index is 12.6. The van der Waals surface area contributed by atoms with Crippen molar-refractivity contribution in [3.8, 4) is 0 Å². The van der Waals surface area contributed by atoms with Gasteiger partial charge in [0.15, 0.2) is 0 Å². The van der Waals surface area contributed by atoms with E-state index in [1.807, 2.05) is 11.8 Å². The highest BCUT2D eigenvalue weighted by atomic mass is 16.2. The number of likely N-dealkylation sites (tertiary alicyclic amines) is 1. The van der Waals surface area contributed by atoms with Gasteiger partial charge in [-0.25, -0.2) is 4.98 Å². The molecular weight excluding hydrogens is 312 g/mol. The molecule has 0 unspecified atom stereocenters. The van der Waals surface area contributed by atoms with Gasteiger partial charge in [-0.15, -0.1) is 0 Å². The molecule has 0 radical (unpaired) electrons. The van der Waals surface area contributed by atoms with Gasteiger partial charge in [-0.05, 0) is 44.2 Å².